The smallest absolute Gasteiger partial charge is 0.0709 e. The molecule has 0 unspecified atom stereocenters. The largest absolute Gasteiger partial charge is 0.248 e. The molecule has 0 radical (unpaired) electrons. The summed E-state index contributed by atoms with van der Waals surface area (Å²) in [5.74, 6) is 0. The third kappa shape index (κ3) is 5.23. The minimum absolute atomic E-state index is 0.0679. The monoisotopic (exact) mass is 639 g/mol. The molecule has 0 amide bonds. The fourth-order valence-electron chi connectivity index (χ4n) is 7.48. The Balaban J connectivity index is 1.22. The first-order valence-corrected chi connectivity index (χ1v) is 17.5. The molecule has 8 aromatic carbocycles. The molecule has 0 bridgehead atoms. The molecule has 9 aromatic rings. The van der Waals surface area contributed by atoms with Gasteiger partial charge in [-0.1, -0.05) is 172 Å². The van der Waals surface area contributed by atoms with Crippen molar-refractivity contribution in [2.45, 2.75) is 26.2 Å². The average Bonchev–Trinajstić information content (AvgIpc) is 3.17. The van der Waals surface area contributed by atoms with Crippen LogP contribution in [0.1, 0.15) is 26.3 Å². The Morgan fingerprint density at radius 1 is 0.360 bits per heavy atom. The Morgan fingerprint density at radius 2 is 0.800 bits per heavy atom. The number of aromatic nitrogens is 1. The first-order valence-electron chi connectivity index (χ1n) is 17.5. The molecule has 0 aliphatic heterocycles. The lowest BCUT2D eigenvalue weighted by Gasteiger charge is -2.23. The molecule has 238 valence electrons. The van der Waals surface area contributed by atoms with Crippen LogP contribution >= 0.6 is 0 Å². The molecule has 0 aliphatic rings. The molecular formula is C49H37N. The molecule has 1 aromatic heterocycles. The van der Waals surface area contributed by atoms with Crippen LogP contribution in [-0.2, 0) is 5.41 Å². The van der Waals surface area contributed by atoms with E-state index in [4.69, 9.17) is 4.98 Å². The van der Waals surface area contributed by atoms with Gasteiger partial charge in [-0.05, 0) is 94.9 Å². The van der Waals surface area contributed by atoms with Crippen LogP contribution in [-0.4, -0.2) is 4.98 Å². The van der Waals surface area contributed by atoms with Gasteiger partial charge in [0.15, 0.2) is 0 Å². The lowest BCUT2D eigenvalue weighted by atomic mass is 9.81. The first-order chi connectivity index (χ1) is 24.4. The number of benzene rings is 8. The fraction of sp³-hybridized carbons (Fsp3) is 0.0816. The topological polar surface area (TPSA) is 12.9 Å². The van der Waals surface area contributed by atoms with E-state index >= 15 is 0 Å². The van der Waals surface area contributed by atoms with Gasteiger partial charge in [-0.15, -0.1) is 0 Å². The normalized spacial score (nSPS) is 11.9. The number of hydrogen-bond donors (Lipinski definition) is 0. The van der Waals surface area contributed by atoms with E-state index in [1.807, 2.05) is 6.07 Å². The Bertz CT molecular complexity index is 2610. The minimum Gasteiger partial charge on any atom is -0.248 e. The Hall–Kier alpha value is -6.05. The lowest BCUT2D eigenvalue weighted by Crippen LogP contribution is -2.10. The van der Waals surface area contributed by atoms with Crippen molar-refractivity contribution in [2.24, 2.45) is 0 Å². The Morgan fingerprint density at radius 3 is 1.32 bits per heavy atom. The Labute approximate surface area is 293 Å². The molecule has 1 heteroatoms. The summed E-state index contributed by atoms with van der Waals surface area (Å²) in [6.07, 6.45) is 0. The highest BCUT2D eigenvalue weighted by atomic mass is 14.7. The van der Waals surface area contributed by atoms with Gasteiger partial charge >= 0.3 is 0 Å². The second-order valence-corrected chi connectivity index (χ2v) is 14.4. The second kappa shape index (κ2) is 11.8. The number of hydrogen-bond acceptors (Lipinski definition) is 1. The average molecular weight is 640 g/mol. The molecule has 1 heterocycles. The van der Waals surface area contributed by atoms with E-state index in [1.54, 1.807) is 0 Å². The molecule has 0 fully saturated rings. The van der Waals surface area contributed by atoms with Gasteiger partial charge in [-0.25, -0.2) is 4.98 Å². The summed E-state index contributed by atoms with van der Waals surface area (Å²) in [5, 5.41) is 7.84. The summed E-state index contributed by atoms with van der Waals surface area (Å²) in [6, 6.07) is 61.8. The van der Waals surface area contributed by atoms with Crippen LogP contribution in [0.3, 0.4) is 0 Å². The van der Waals surface area contributed by atoms with E-state index in [0.717, 1.165) is 22.5 Å². The molecule has 0 saturated heterocycles. The molecular weight excluding hydrogens is 603 g/mol. The maximum absolute atomic E-state index is 5.03. The quantitative estimate of drug-likeness (QED) is 0.171. The maximum Gasteiger partial charge on any atom is 0.0709 e. The highest BCUT2D eigenvalue weighted by Gasteiger charge is 2.20. The third-order valence-electron chi connectivity index (χ3n) is 10.2. The van der Waals surface area contributed by atoms with Crippen molar-refractivity contribution >= 4 is 32.3 Å². The summed E-state index contributed by atoms with van der Waals surface area (Å²) in [7, 11) is 0. The van der Waals surface area contributed by atoms with Crippen LogP contribution < -0.4 is 0 Å². The van der Waals surface area contributed by atoms with Crippen LogP contribution in [0.2, 0.25) is 0 Å². The maximum atomic E-state index is 5.03. The Kier molecular flexibility index (Phi) is 7.10. The summed E-state index contributed by atoms with van der Waals surface area (Å²) in [5.41, 5.74) is 13.0. The van der Waals surface area contributed by atoms with Gasteiger partial charge in [0.2, 0.25) is 0 Å². The number of nitrogens with zero attached hydrogens (tertiary/aromatic N) is 1. The van der Waals surface area contributed by atoms with E-state index in [2.05, 4.69) is 185 Å². The fourth-order valence-corrected chi connectivity index (χ4v) is 7.48. The second-order valence-electron chi connectivity index (χ2n) is 14.4. The first kappa shape index (κ1) is 30.0. The summed E-state index contributed by atoms with van der Waals surface area (Å²) >= 11 is 0. The zero-order chi connectivity index (χ0) is 33.8. The molecule has 0 N–H and O–H groups in total. The van der Waals surface area contributed by atoms with Gasteiger partial charge in [0.25, 0.3) is 0 Å². The summed E-state index contributed by atoms with van der Waals surface area (Å²) in [4.78, 5) is 5.03. The van der Waals surface area contributed by atoms with Crippen molar-refractivity contribution in [3.05, 3.63) is 175 Å². The zero-order valence-corrected chi connectivity index (χ0v) is 28.6. The molecule has 0 aliphatic carbocycles. The van der Waals surface area contributed by atoms with Crippen molar-refractivity contribution < 1.29 is 0 Å². The molecule has 50 heavy (non-hydrogen) atoms. The van der Waals surface area contributed by atoms with Gasteiger partial charge in [-0.2, -0.15) is 0 Å². The van der Waals surface area contributed by atoms with Crippen LogP contribution in [0.5, 0.6) is 0 Å². The van der Waals surface area contributed by atoms with Crippen molar-refractivity contribution in [3.63, 3.8) is 0 Å². The van der Waals surface area contributed by atoms with Gasteiger partial charge in [0.05, 0.1) is 11.4 Å². The van der Waals surface area contributed by atoms with E-state index in [0.29, 0.717) is 0 Å². The van der Waals surface area contributed by atoms with Crippen molar-refractivity contribution in [2.75, 3.05) is 0 Å². The van der Waals surface area contributed by atoms with Crippen molar-refractivity contribution in [3.8, 4) is 55.9 Å². The van der Waals surface area contributed by atoms with Crippen LogP contribution in [0.4, 0.5) is 0 Å². The van der Waals surface area contributed by atoms with Gasteiger partial charge in [0.1, 0.15) is 0 Å². The summed E-state index contributed by atoms with van der Waals surface area (Å²) < 4.78 is 0. The van der Waals surface area contributed by atoms with Gasteiger partial charge < -0.3 is 0 Å². The highest BCUT2D eigenvalue weighted by molar-refractivity contribution is 6.28. The summed E-state index contributed by atoms with van der Waals surface area (Å²) in [6.45, 7) is 6.89. The number of rotatable bonds is 5. The van der Waals surface area contributed by atoms with Crippen molar-refractivity contribution in [1.29, 1.82) is 0 Å². The van der Waals surface area contributed by atoms with Crippen LogP contribution in [0.25, 0.3) is 88.2 Å². The van der Waals surface area contributed by atoms with Crippen LogP contribution in [0, 0.1) is 0 Å². The predicted octanol–water partition coefficient (Wildman–Crippen LogP) is 13.6. The van der Waals surface area contributed by atoms with Gasteiger partial charge in [0, 0.05) is 11.1 Å². The predicted molar refractivity (Wildman–Crippen MR) is 214 cm³/mol. The lowest BCUT2D eigenvalue weighted by molar-refractivity contribution is 0.591. The van der Waals surface area contributed by atoms with E-state index in [1.165, 1.54) is 71.3 Å². The molecule has 1 nitrogen and oxygen atoms in total. The van der Waals surface area contributed by atoms with E-state index < -0.39 is 0 Å². The van der Waals surface area contributed by atoms with E-state index in [9.17, 15) is 0 Å². The van der Waals surface area contributed by atoms with Crippen LogP contribution in [0.15, 0.2) is 170 Å². The zero-order valence-electron chi connectivity index (χ0n) is 28.6. The van der Waals surface area contributed by atoms with Crippen molar-refractivity contribution in [1.82, 2.24) is 4.98 Å². The molecule has 0 spiro atoms. The number of pyridine rings is 1. The third-order valence-corrected chi connectivity index (χ3v) is 10.2. The molecule has 0 atom stereocenters. The van der Waals surface area contributed by atoms with E-state index in [-0.39, 0.29) is 5.41 Å². The SMILES string of the molecule is CC(C)(C)c1cc2ccc3c(-c4ccc(-c5ccccc5)cc4)cc(-c4ccc(-c5cccc(-c6ccccc6)n5)cc4)c4ccc(c1)c2c34. The highest BCUT2D eigenvalue weighted by Crippen LogP contribution is 2.45. The van der Waals surface area contributed by atoms with Gasteiger partial charge in [-0.3, -0.25) is 0 Å². The molecule has 0 saturated carbocycles. The standard InChI is InChI=1S/C49H37N/c1-49(2,3)40-29-38-25-27-41-43(34-19-17-33(18-20-34)32-11-6-4-7-12-32)31-44(42-28-26-39(30-40)47(38)48(41)42)35-21-23-37(24-22-35)46-16-10-15-45(50-46)36-13-8-5-9-14-36/h4-31H,1-3H3. The molecule has 9 rings (SSSR count). The minimum atomic E-state index is 0.0679.